The van der Waals surface area contributed by atoms with Crippen LogP contribution in [0.4, 0.5) is 5.69 Å². The van der Waals surface area contributed by atoms with Crippen molar-refractivity contribution in [2.45, 2.75) is 56.1 Å². The summed E-state index contributed by atoms with van der Waals surface area (Å²) in [7, 11) is -2.78. The first-order chi connectivity index (χ1) is 18.6. The van der Waals surface area contributed by atoms with Crippen LogP contribution in [-0.2, 0) is 21.7 Å². The lowest BCUT2D eigenvalue weighted by Crippen LogP contribution is -2.46. The van der Waals surface area contributed by atoms with Crippen LogP contribution in [0.3, 0.4) is 0 Å². The fraction of sp³-hybridized carbons (Fsp3) is 0.414. The molecule has 2 N–H and O–H groups in total. The molecule has 2 aliphatic heterocycles. The average Bonchev–Trinajstić information content (AvgIpc) is 3.55. The van der Waals surface area contributed by atoms with Gasteiger partial charge < -0.3 is 19.5 Å². The minimum Gasteiger partial charge on any atom is -0.432 e. The van der Waals surface area contributed by atoms with Crippen molar-refractivity contribution in [2.75, 3.05) is 18.1 Å². The molecule has 0 aliphatic carbocycles. The van der Waals surface area contributed by atoms with E-state index >= 15 is 0 Å². The number of hydrogen-bond donors (Lipinski definition) is 2. The summed E-state index contributed by atoms with van der Waals surface area (Å²) in [6.07, 6.45) is 3.71. The molecule has 1 unspecified atom stereocenters. The Labute approximate surface area is 235 Å². The zero-order chi connectivity index (χ0) is 27.9. The Hall–Kier alpha value is -2.82. The van der Waals surface area contributed by atoms with E-state index in [4.69, 9.17) is 16.3 Å². The van der Waals surface area contributed by atoms with Crippen molar-refractivity contribution in [1.29, 1.82) is 0 Å². The van der Waals surface area contributed by atoms with Gasteiger partial charge in [-0.15, -0.1) is 11.7 Å². The molecule has 0 saturated carbocycles. The molecule has 1 spiro atoms. The highest BCUT2D eigenvalue weighted by Crippen LogP contribution is 2.59. The number of hydrogen-bond acceptors (Lipinski definition) is 6. The molecule has 1 amide bonds. The zero-order valence-electron chi connectivity index (χ0n) is 22.5. The number of benzene rings is 2. The minimum absolute atomic E-state index is 0.0772. The molecule has 0 radical (unpaired) electrons. The van der Waals surface area contributed by atoms with Crippen LogP contribution in [0, 0.1) is 5.92 Å². The van der Waals surface area contributed by atoms with Gasteiger partial charge in [0.15, 0.2) is 13.9 Å². The average molecular weight is 567 g/mol. The number of rotatable bonds is 9. The lowest BCUT2D eigenvalue weighted by atomic mass is 9.82. The number of aliphatic hydroxyl groups excluding tert-OH is 1. The van der Waals surface area contributed by atoms with Crippen LogP contribution >= 0.6 is 11.6 Å². The Bertz CT molecular complexity index is 1360. The summed E-state index contributed by atoms with van der Waals surface area (Å²) in [5.41, 5.74) is 1.74. The number of aromatic nitrogens is 3. The van der Waals surface area contributed by atoms with Crippen LogP contribution in [0.15, 0.2) is 67.4 Å². The molecule has 2 aliphatic rings. The van der Waals surface area contributed by atoms with Crippen LogP contribution in [0.1, 0.15) is 36.1 Å². The summed E-state index contributed by atoms with van der Waals surface area (Å²) in [4.78, 5) is 27.1. The number of fused-ring (bicyclic) bond motifs is 2. The van der Waals surface area contributed by atoms with Gasteiger partial charge in [0.25, 0.3) is 5.91 Å². The van der Waals surface area contributed by atoms with Crippen molar-refractivity contribution in [2.24, 2.45) is 5.92 Å². The van der Waals surface area contributed by atoms with Gasteiger partial charge in [-0.25, -0.2) is 0 Å². The Kier molecular flexibility index (Phi) is 7.56. The topological polar surface area (TPSA) is 101 Å². The number of carbonyl (C=O) groups excluding carboxylic acids is 1. The summed E-state index contributed by atoms with van der Waals surface area (Å²) >= 11 is 6.41. The smallest absolute Gasteiger partial charge is 0.264 e. The number of halogens is 1. The first-order valence-corrected chi connectivity index (χ1v) is 16.7. The Morgan fingerprint density at radius 1 is 1.26 bits per heavy atom. The normalized spacial score (nSPS) is 25.3. The summed E-state index contributed by atoms with van der Waals surface area (Å²) < 4.78 is 8.53. The van der Waals surface area contributed by atoms with Gasteiger partial charge in [-0.05, 0) is 43.3 Å². The third-order valence-corrected chi connectivity index (χ3v) is 10.9. The highest BCUT2D eigenvalue weighted by atomic mass is 35.5. The number of aryl methyl sites for hydroxylation is 1. The number of aliphatic hydroxyl groups is 1. The molecule has 8 nitrogen and oxygen atoms in total. The van der Waals surface area contributed by atoms with Crippen molar-refractivity contribution in [3.63, 3.8) is 0 Å². The molecule has 5 rings (SSSR count). The largest absolute Gasteiger partial charge is 0.432 e. The summed E-state index contributed by atoms with van der Waals surface area (Å²) in [6, 6.07) is 15.2. The van der Waals surface area contributed by atoms with Crippen LogP contribution in [0.2, 0.25) is 23.7 Å². The molecule has 1 saturated heterocycles. The molecule has 3 heterocycles. The second-order valence-electron chi connectivity index (χ2n) is 11.1. The molecule has 206 valence electrons. The van der Waals surface area contributed by atoms with Crippen LogP contribution in [-0.4, -0.2) is 58.4 Å². The van der Waals surface area contributed by atoms with Crippen molar-refractivity contribution >= 4 is 31.5 Å². The maximum Gasteiger partial charge on any atom is 0.264 e. The predicted molar refractivity (Wildman–Crippen MR) is 153 cm³/mol. The Morgan fingerprint density at radius 2 is 2.00 bits per heavy atom. The van der Waals surface area contributed by atoms with Crippen LogP contribution in [0.5, 0.6) is 0 Å². The third kappa shape index (κ3) is 4.76. The van der Waals surface area contributed by atoms with E-state index in [1.165, 1.54) is 0 Å². The third-order valence-electron chi connectivity index (χ3n) is 8.20. The molecule has 2 aromatic carbocycles. The molecular weight excluding hydrogens is 532 g/mol. The Morgan fingerprint density at radius 3 is 2.67 bits per heavy atom. The standard InChI is InChI=1S/C29H35ClN4O4Si/c1-5-14-34-25-12-11-21(30)16-23(25)29(28(34)36)19(2)27(39(3,4)37)26(38-29)13-15-33-17-24(31-32-33)22(18-35)20-9-7-6-8-10-20/h5-12,16-17,19,22,26-27,35,37H,1,13-15,18H2,2-4H3/t19-,22?,26+,27-,29+/m0/s1. The SMILES string of the molecule is C=CCN1C(=O)[C@]2(O[C@H](CCn3cc(C(CO)c4ccccc4)nn3)[C@@H]([Si](C)(C)O)[C@@H]2C)c2cc(Cl)ccc21. The van der Waals surface area contributed by atoms with Gasteiger partial charge in [0.05, 0.1) is 30.0 Å². The molecular formula is C29H35ClN4O4Si. The number of ether oxygens (including phenoxy) is 1. The Balaban J connectivity index is 1.43. The minimum atomic E-state index is -2.78. The van der Waals surface area contributed by atoms with Gasteiger partial charge >= 0.3 is 0 Å². The molecule has 0 bridgehead atoms. The molecule has 3 aromatic rings. The van der Waals surface area contributed by atoms with Crippen LogP contribution in [0.25, 0.3) is 0 Å². The van der Waals surface area contributed by atoms with E-state index in [0.717, 1.165) is 16.8 Å². The first-order valence-electron chi connectivity index (χ1n) is 13.3. The van der Waals surface area contributed by atoms with Gasteiger partial charge in [0.1, 0.15) is 0 Å². The van der Waals surface area contributed by atoms with Crippen molar-refractivity contribution < 1.29 is 19.4 Å². The van der Waals surface area contributed by atoms with Crippen molar-refractivity contribution in [1.82, 2.24) is 15.0 Å². The number of anilines is 1. The van der Waals surface area contributed by atoms with Gasteiger partial charge in [-0.2, -0.15) is 0 Å². The summed E-state index contributed by atoms with van der Waals surface area (Å²) in [5, 5.41) is 19.2. The quantitative estimate of drug-likeness (QED) is 0.293. The van der Waals surface area contributed by atoms with E-state index in [1.807, 2.05) is 68.7 Å². The second kappa shape index (κ2) is 10.6. The van der Waals surface area contributed by atoms with Gasteiger partial charge in [0.2, 0.25) is 0 Å². The van der Waals surface area contributed by atoms with Gasteiger partial charge in [-0.1, -0.05) is 60.1 Å². The van der Waals surface area contributed by atoms with Crippen molar-refractivity contribution in [3.05, 3.63) is 89.2 Å². The lowest BCUT2D eigenvalue weighted by Gasteiger charge is -2.32. The molecule has 1 fully saturated rings. The molecule has 5 atom stereocenters. The fourth-order valence-corrected chi connectivity index (χ4v) is 9.30. The number of nitrogens with zero attached hydrogens (tertiary/aromatic N) is 4. The number of amides is 1. The van der Waals surface area contributed by atoms with Crippen LogP contribution < -0.4 is 4.90 Å². The molecule has 10 heteroatoms. The molecule has 1 aromatic heterocycles. The van der Waals surface area contributed by atoms with E-state index in [2.05, 4.69) is 16.9 Å². The lowest BCUT2D eigenvalue weighted by molar-refractivity contribution is -0.145. The maximum atomic E-state index is 14.0. The van der Waals surface area contributed by atoms with Crippen molar-refractivity contribution in [3.8, 4) is 0 Å². The first kappa shape index (κ1) is 27.7. The number of carbonyl (C=O) groups is 1. The second-order valence-corrected chi connectivity index (χ2v) is 15.5. The monoisotopic (exact) mass is 566 g/mol. The predicted octanol–water partition coefficient (Wildman–Crippen LogP) is 4.48. The van der Waals surface area contributed by atoms with Gasteiger partial charge in [0, 0.05) is 41.3 Å². The summed E-state index contributed by atoms with van der Waals surface area (Å²) in [6.45, 7) is 10.4. The van der Waals surface area contributed by atoms with E-state index in [9.17, 15) is 14.7 Å². The fourth-order valence-electron chi connectivity index (χ4n) is 6.53. The van der Waals surface area contributed by atoms with E-state index < -0.39 is 13.9 Å². The van der Waals surface area contributed by atoms with E-state index in [1.54, 1.807) is 21.7 Å². The molecule has 39 heavy (non-hydrogen) atoms. The maximum absolute atomic E-state index is 14.0. The highest BCUT2D eigenvalue weighted by Gasteiger charge is 2.66. The van der Waals surface area contributed by atoms with E-state index in [0.29, 0.717) is 30.2 Å². The zero-order valence-corrected chi connectivity index (χ0v) is 24.3. The van der Waals surface area contributed by atoms with E-state index in [-0.39, 0.29) is 36.0 Å². The summed E-state index contributed by atoms with van der Waals surface area (Å²) in [5.74, 6) is -0.679. The van der Waals surface area contributed by atoms with Gasteiger partial charge in [-0.3, -0.25) is 9.48 Å². The highest BCUT2D eigenvalue weighted by molar-refractivity contribution is 6.71.